The molecule has 0 unspecified atom stereocenters. The molecule has 0 aromatic heterocycles. The number of aliphatic hydroxyl groups excluding tert-OH is 1. The molecule has 2 N–H and O–H groups in total. The van der Waals surface area contributed by atoms with E-state index in [1.54, 1.807) is 6.07 Å². The van der Waals surface area contributed by atoms with Gasteiger partial charge in [-0.05, 0) is 56.3 Å². The number of nitrogens with one attached hydrogen (secondary N) is 1. The third-order valence-corrected chi connectivity index (χ3v) is 4.24. The maximum atomic E-state index is 10.5. The van der Waals surface area contributed by atoms with Crippen molar-refractivity contribution in [3.8, 4) is 5.75 Å². The summed E-state index contributed by atoms with van der Waals surface area (Å²) in [6, 6.07) is 7.49. The summed E-state index contributed by atoms with van der Waals surface area (Å²) in [5, 5.41) is 14.6. The normalized spacial score (nSPS) is 26.0. The molecule has 2 rings (SSSR count). The lowest BCUT2D eigenvalue weighted by Gasteiger charge is -2.35. The number of rotatable bonds is 6. The van der Waals surface area contributed by atoms with Gasteiger partial charge in [-0.3, -0.25) is 0 Å². The molecule has 0 saturated heterocycles. The van der Waals surface area contributed by atoms with Gasteiger partial charge < -0.3 is 15.2 Å². The van der Waals surface area contributed by atoms with Crippen LogP contribution in [0.3, 0.4) is 0 Å². The lowest BCUT2D eigenvalue weighted by molar-refractivity contribution is -0.0154. The van der Waals surface area contributed by atoms with E-state index in [0.717, 1.165) is 38.0 Å². The average molecular weight is 312 g/mol. The van der Waals surface area contributed by atoms with Gasteiger partial charge in [-0.15, -0.1) is 0 Å². The van der Waals surface area contributed by atoms with Gasteiger partial charge in [-0.25, -0.2) is 0 Å². The minimum Gasteiger partial charge on any atom is -0.488 e. The smallest absolute Gasteiger partial charge is 0.126 e. The van der Waals surface area contributed by atoms with E-state index >= 15 is 0 Å². The Morgan fingerprint density at radius 2 is 2.19 bits per heavy atom. The predicted molar refractivity (Wildman–Crippen MR) is 87.0 cm³/mol. The molecule has 0 spiro atoms. The Kier molecular flexibility index (Phi) is 6.34. The van der Waals surface area contributed by atoms with Crippen LogP contribution in [0.4, 0.5) is 0 Å². The molecular formula is C17H26ClNO2. The van der Waals surface area contributed by atoms with Crippen LogP contribution in [-0.4, -0.2) is 29.9 Å². The molecule has 1 aliphatic carbocycles. The number of benzene rings is 1. The van der Waals surface area contributed by atoms with Gasteiger partial charge in [0.25, 0.3) is 0 Å². The first-order valence-corrected chi connectivity index (χ1v) is 8.27. The highest BCUT2D eigenvalue weighted by Gasteiger charge is 2.32. The highest BCUT2D eigenvalue weighted by atomic mass is 35.5. The summed E-state index contributed by atoms with van der Waals surface area (Å²) in [5.41, 5.74) is 0. The Morgan fingerprint density at radius 3 is 2.90 bits per heavy atom. The summed E-state index contributed by atoms with van der Waals surface area (Å²) in [5.74, 6) is 1.41. The van der Waals surface area contributed by atoms with Gasteiger partial charge in [0.1, 0.15) is 18.0 Å². The largest absolute Gasteiger partial charge is 0.488 e. The monoisotopic (exact) mass is 311 g/mol. The van der Waals surface area contributed by atoms with Crippen molar-refractivity contribution in [3.63, 3.8) is 0 Å². The first-order valence-electron chi connectivity index (χ1n) is 7.90. The highest BCUT2D eigenvalue weighted by molar-refractivity contribution is 6.30. The van der Waals surface area contributed by atoms with E-state index in [0.29, 0.717) is 10.9 Å². The number of aliphatic hydroxyl groups is 1. The molecule has 3 atom stereocenters. The van der Waals surface area contributed by atoms with Crippen molar-refractivity contribution in [3.05, 3.63) is 29.3 Å². The quantitative estimate of drug-likeness (QED) is 0.843. The molecular weight excluding hydrogens is 286 g/mol. The molecule has 118 valence electrons. The molecule has 0 radical (unpaired) electrons. The first-order chi connectivity index (χ1) is 10.1. The topological polar surface area (TPSA) is 41.5 Å². The highest BCUT2D eigenvalue weighted by Crippen LogP contribution is 2.26. The van der Waals surface area contributed by atoms with E-state index in [1.807, 2.05) is 18.2 Å². The van der Waals surface area contributed by atoms with Crippen LogP contribution in [0.15, 0.2) is 24.3 Å². The Bertz CT molecular complexity index is 439. The van der Waals surface area contributed by atoms with Crippen molar-refractivity contribution in [2.75, 3.05) is 6.54 Å². The Labute approximate surface area is 132 Å². The summed E-state index contributed by atoms with van der Waals surface area (Å²) in [6.07, 6.45) is 3.47. The van der Waals surface area contributed by atoms with Crippen molar-refractivity contribution in [2.24, 2.45) is 5.92 Å². The standard InChI is InChI=1S/C17H26ClNO2/c1-12(2)9-10-19-15-7-4-8-16(17(15)20)21-14-6-3-5-13(18)11-14/h3,5-6,11-12,15-17,19-20H,4,7-10H2,1-2H3/t15-,16+,17+/m0/s1. The van der Waals surface area contributed by atoms with Crippen molar-refractivity contribution in [2.45, 2.75) is 57.8 Å². The lowest BCUT2D eigenvalue weighted by Crippen LogP contribution is -2.51. The van der Waals surface area contributed by atoms with Crippen LogP contribution in [0.2, 0.25) is 5.02 Å². The van der Waals surface area contributed by atoms with Crippen LogP contribution in [0.1, 0.15) is 39.5 Å². The summed E-state index contributed by atoms with van der Waals surface area (Å²) >= 11 is 5.97. The van der Waals surface area contributed by atoms with Gasteiger partial charge in [0.05, 0.1) is 0 Å². The molecule has 1 aromatic rings. The number of hydrogen-bond acceptors (Lipinski definition) is 3. The molecule has 0 aliphatic heterocycles. The number of ether oxygens (including phenoxy) is 1. The molecule has 0 bridgehead atoms. The summed E-state index contributed by atoms with van der Waals surface area (Å²) in [7, 11) is 0. The van der Waals surface area contributed by atoms with Gasteiger partial charge in [0.15, 0.2) is 0 Å². The lowest BCUT2D eigenvalue weighted by atomic mass is 9.89. The van der Waals surface area contributed by atoms with Gasteiger partial charge in [0.2, 0.25) is 0 Å². The maximum absolute atomic E-state index is 10.5. The fourth-order valence-corrected chi connectivity index (χ4v) is 2.94. The molecule has 0 amide bonds. The van der Waals surface area contributed by atoms with Crippen LogP contribution in [-0.2, 0) is 0 Å². The van der Waals surface area contributed by atoms with Gasteiger partial charge in [0, 0.05) is 11.1 Å². The first kappa shape index (κ1) is 16.6. The maximum Gasteiger partial charge on any atom is 0.126 e. The Morgan fingerprint density at radius 1 is 1.38 bits per heavy atom. The second-order valence-corrected chi connectivity index (χ2v) is 6.71. The van der Waals surface area contributed by atoms with E-state index in [4.69, 9.17) is 16.3 Å². The van der Waals surface area contributed by atoms with Crippen LogP contribution in [0.25, 0.3) is 0 Å². The zero-order chi connectivity index (χ0) is 15.2. The Hall–Kier alpha value is -0.770. The number of halogens is 1. The van der Waals surface area contributed by atoms with Crippen LogP contribution < -0.4 is 10.1 Å². The third kappa shape index (κ3) is 5.17. The minimum absolute atomic E-state index is 0.127. The fourth-order valence-electron chi connectivity index (χ4n) is 2.76. The average Bonchev–Trinajstić information content (AvgIpc) is 2.42. The van der Waals surface area contributed by atoms with Crippen molar-refractivity contribution >= 4 is 11.6 Å². The second-order valence-electron chi connectivity index (χ2n) is 6.28. The van der Waals surface area contributed by atoms with Crippen molar-refractivity contribution in [1.29, 1.82) is 0 Å². The van der Waals surface area contributed by atoms with Crippen molar-refractivity contribution < 1.29 is 9.84 Å². The molecule has 0 heterocycles. The summed E-state index contributed by atoms with van der Waals surface area (Å²) < 4.78 is 5.93. The van der Waals surface area contributed by atoms with E-state index in [-0.39, 0.29) is 12.1 Å². The number of hydrogen-bond donors (Lipinski definition) is 2. The van der Waals surface area contributed by atoms with Crippen LogP contribution >= 0.6 is 11.6 Å². The molecule has 3 nitrogen and oxygen atoms in total. The van der Waals surface area contributed by atoms with Crippen molar-refractivity contribution in [1.82, 2.24) is 5.32 Å². The molecule has 4 heteroatoms. The van der Waals surface area contributed by atoms with E-state index < -0.39 is 6.10 Å². The summed E-state index contributed by atoms with van der Waals surface area (Å²) in [6.45, 7) is 5.37. The van der Waals surface area contributed by atoms with Crippen LogP contribution in [0.5, 0.6) is 5.75 Å². The minimum atomic E-state index is -0.468. The van der Waals surface area contributed by atoms with E-state index in [2.05, 4.69) is 19.2 Å². The molecule has 1 aliphatic rings. The molecule has 1 aromatic carbocycles. The van der Waals surface area contributed by atoms with Gasteiger partial charge in [-0.1, -0.05) is 31.5 Å². The fraction of sp³-hybridized carbons (Fsp3) is 0.647. The van der Waals surface area contributed by atoms with Crippen LogP contribution in [0, 0.1) is 5.92 Å². The summed E-state index contributed by atoms with van der Waals surface area (Å²) in [4.78, 5) is 0. The SMILES string of the molecule is CC(C)CCN[C@H]1CCC[C@@H](Oc2cccc(Cl)c2)[C@@H]1O. The second kappa shape index (κ2) is 8.02. The van der Waals surface area contributed by atoms with Gasteiger partial charge >= 0.3 is 0 Å². The molecule has 21 heavy (non-hydrogen) atoms. The van der Waals surface area contributed by atoms with E-state index in [9.17, 15) is 5.11 Å². The zero-order valence-electron chi connectivity index (χ0n) is 12.9. The molecule has 1 fully saturated rings. The predicted octanol–water partition coefficient (Wildman–Crippen LogP) is 3.64. The Balaban J connectivity index is 1.88. The zero-order valence-corrected chi connectivity index (χ0v) is 13.6. The molecule has 1 saturated carbocycles. The third-order valence-electron chi connectivity index (χ3n) is 4.01. The van der Waals surface area contributed by atoms with E-state index in [1.165, 1.54) is 0 Å². The van der Waals surface area contributed by atoms with Gasteiger partial charge in [-0.2, -0.15) is 0 Å².